The molecule has 1 rings (SSSR count). The number of pyridine rings is 1. The molecule has 1 aromatic heterocycles. The third kappa shape index (κ3) is 3.44. The number of urea groups is 1. The summed E-state index contributed by atoms with van der Waals surface area (Å²) in [7, 11) is 0. The maximum Gasteiger partial charge on any atom is 0.329 e. The van der Waals surface area contributed by atoms with E-state index in [1.54, 1.807) is 19.1 Å². The number of carboxylic acid groups (broad SMARTS) is 1. The molecule has 0 aliphatic rings. The van der Waals surface area contributed by atoms with Gasteiger partial charge >= 0.3 is 12.0 Å². The lowest BCUT2D eigenvalue weighted by Gasteiger charge is -2.24. The third-order valence-corrected chi connectivity index (χ3v) is 2.74. The van der Waals surface area contributed by atoms with Gasteiger partial charge in [-0.1, -0.05) is 6.92 Å². The molecule has 18 heavy (non-hydrogen) atoms. The molecule has 0 fully saturated rings. The molecule has 6 nitrogen and oxygen atoms in total. The second-order valence-electron chi connectivity index (χ2n) is 4.26. The lowest BCUT2D eigenvalue weighted by atomic mass is 10.00. The van der Waals surface area contributed by atoms with E-state index >= 15 is 0 Å². The summed E-state index contributed by atoms with van der Waals surface area (Å²) < 4.78 is 0. The number of carboxylic acids is 1. The van der Waals surface area contributed by atoms with Crippen LogP contribution in [0.1, 0.15) is 26.0 Å². The van der Waals surface area contributed by atoms with Crippen molar-refractivity contribution in [3.8, 4) is 0 Å². The van der Waals surface area contributed by atoms with E-state index in [0.29, 0.717) is 12.1 Å². The van der Waals surface area contributed by atoms with Gasteiger partial charge in [0.2, 0.25) is 0 Å². The van der Waals surface area contributed by atoms with Crippen LogP contribution >= 0.6 is 0 Å². The van der Waals surface area contributed by atoms with Gasteiger partial charge < -0.3 is 15.7 Å². The number of aryl methyl sites for hydroxylation is 1. The molecule has 0 aliphatic heterocycles. The smallest absolute Gasteiger partial charge is 0.329 e. The van der Waals surface area contributed by atoms with Crippen LogP contribution in [0.5, 0.6) is 0 Å². The number of anilines is 1. The van der Waals surface area contributed by atoms with Crippen LogP contribution in [-0.2, 0) is 4.79 Å². The van der Waals surface area contributed by atoms with E-state index in [0.717, 1.165) is 5.69 Å². The van der Waals surface area contributed by atoms with Crippen molar-refractivity contribution in [3.05, 3.63) is 24.0 Å². The lowest BCUT2D eigenvalue weighted by Crippen LogP contribution is -2.53. The maximum atomic E-state index is 11.7. The number of nitrogens with one attached hydrogen (secondary N) is 2. The highest BCUT2D eigenvalue weighted by Gasteiger charge is 2.32. The first-order valence-electron chi connectivity index (χ1n) is 5.62. The summed E-state index contributed by atoms with van der Waals surface area (Å²) in [5.41, 5.74) is 0.0780. The van der Waals surface area contributed by atoms with Gasteiger partial charge in [-0.15, -0.1) is 0 Å². The number of nitrogens with zero attached hydrogens (tertiary/aromatic N) is 1. The van der Waals surface area contributed by atoms with Crippen molar-refractivity contribution in [2.75, 3.05) is 5.32 Å². The second-order valence-corrected chi connectivity index (χ2v) is 4.26. The van der Waals surface area contributed by atoms with Crippen molar-refractivity contribution in [2.24, 2.45) is 0 Å². The van der Waals surface area contributed by atoms with Crippen molar-refractivity contribution in [1.29, 1.82) is 0 Å². The molecule has 6 heteroatoms. The highest BCUT2D eigenvalue weighted by atomic mass is 16.4. The average Bonchev–Trinajstić information content (AvgIpc) is 2.31. The molecule has 3 N–H and O–H groups in total. The minimum atomic E-state index is -1.28. The Hall–Kier alpha value is -2.11. The van der Waals surface area contributed by atoms with Gasteiger partial charge in [0.15, 0.2) is 0 Å². The van der Waals surface area contributed by atoms with Crippen LogP contribution in [0.15, 0.2) is 18.3 Å². The average molecular weight is 251 g/mol. The fourth-order valence-electron chi connectivity index (χ4n) is 1.25. The summed E-state index contributed by atoms with van der Waals surface area (Å²) in [5.74, 6) is -1.07. The fourth-order valence-corrected chi connectivity index (χ4v) is 1.25. The number of hydrogen-bond donors (Lipinski definition) is 3. The Labute approximate surface area is 105 Å². The van der Waals surface area contributed by atoms with Crippen LogP contribution in [-0.4, -0.2) is 27.6 Å². The zero-order chi connectivity index (χ0) is 13.8. The largest absolute Gasteiger partial charge is 0.480 e. The molecule has 0 aromatic carbocycles. The SMILES string of the molecule is CCC(C)(NC(=O)Nc1ccc(C)nc1)C(=O)O. The molecular formula is C12H17N3O3. The highest BCUT2D eigenvalue weighted by Crippen LogP contribution is 2.10. The van der Waals surface area contributed by atoms with Gasteiger partial charge in [-0.25, -0.2) is 9.59 Å². The molecule has 0 saturated carbocycles. The minimum absolute atomic E-state index is 0.294. The second kappa shape index (κ2) is 5.48. The molecule has 2 amide bonds. The Morgan fingerprint density at radius 2 is 2.11 bits per heavy atom. The Balaban J connectivity index is 2.66. The maximum absolute atomic E-state index is 11.7. The van der Waals surface area contributed by atoms with Gasteiger partial charge in [-0.2, -0.15) is 0 Å². The summed E-state index contributed by atoms with van der Waals surface area (Å²) in [6, 6.07) is 2.89. The Bertz CT molecular complexity index is 444. The number of carbonyl (C=O) groups is 2. The highest BCUT2D eigenvalue weighted by molar-refractivity contribution is 5.93. The molecule has 98 valence electrons. The predicted octanol–water partition coefficient (Wildman–Crippen LogP) is 1.76. The molecule has 0 bridgehead atoms. The molecule has 0 spiro atoms. The molecule has 0 aliphatic carbocycles. The summed E-state index contributed by atoms with van der Waals surface area (Å²) in [6.07, 6.45) is 1.81. The Morgan fingerprint density at radius 3 is 2.56 bits per heavy atom. The molecule has 0 saturated heterocycles. The summed E-state index contributed by atoms with van der Waals surface area (Å²) in [6.45, 7) is 4.99. The van der Waals surface area contributed by atoms with Gasteiger partial charge in [0.05, 0.1) is 11.9 Å². The third-order valence-electron chi connectivity index (χ3n) is 2.74. The van der Waals surface area contributed by atoms with Gasteiger partial charge in [0.25, 0.3) is 0 Å². The lowest BCUT2D eigenvalue weighted by molar-refractivity contribution is -0.143. The standard InChI is InChI=1S/C12H17N3O3/c1-4-12(3,10(16)17)15-11(18)14-9-6-5-8(2)13-7-9/h5-7H,4H2,1-3H3,(H,16,17)(H2,14,15,18). The van der Waals surface area contributed by atoms with Gasteiger partial charge in [-0.05, 0) is 32.4 Å². The number of carbonyl (C=O) groups excluding carboxylic acids is 1. The molecular weight excluding hydrogens is 234 g/mol. The minimum Gasteiger partial charge on any atom is -0.480 e. The molecule has 0 radical (unpaired) electrons. The first-order chi connectivity index (χ1) is 8.37. The van der Waals surface area contributed by atoms with E-state index in [1.165, 1.54) is 13.1 Å². The summed E-state index contributed by atoms with van der Waals surface area (Å²) >= 11 is 0. The number of aromatic nitrogens is 1. The van der Waals surface area contributed by atoms with Crippen molar-refractivity contribution in [1.82, 2.24) is 10.3 Å². The summed E-state index contributed by atoms with van der Waals surface area (Å²) in [4.78, 5) is 26.7. The quantitative estimate of drug-likeness (QED) is 0.760. The van der Waals surface area contributed by atoms with Crippen LogP contribution in [0.4, 0.5) is 10.5 Å². The van der Waals surface area contributed by atoms with Crippen molar-refractivity contribution in [3.63, 3.8) is 0 Å². The Morgan fingerprint density at radius 1 is 1.44 bits per heavy atom. The van der Waals surface area contributed by atoms with E-state index in [2.05, 4.69) is 15.6 Å². The zero-order valence-corrected chi connectivity index (χ0v) is 10.7. The molecule has 1 atom stereocenters. The van der Waals surface area contributed by atoms with E-state index in [1.807, 2.05) is 6.92 Å². The van der Waals surface area contributed by atoms with Crippen LogP contribution < -0.4 is 10.6 Å². The van der Waals surface area contributed by atoms with Crippen LogP contribution in [0.3, 0.4) is 0 Å². The van der Waals surface area contributed by atoms with Gasteiger partial charge in [-0.3, -0.25) is 4.98 Å². The van der Waals surface area contributed by atoms with E-state index < -0.39 is 17.5 Å². The number of hydrogen-bond acceptors (Lipinski definition) is 3. The van der Waals surface area contributed by atoms with Crippen LogP contribution in [0.2, 0.25) is 0 Å². The number of rotatable bonds is 4. The first kappa shape index (κ1) is 14.0. The fraction of sp³-hybridized carbons (Fsp3) is 0.417. The van der Waals surface area contributed by atoms with E-state index in [9.17, 15) is 9.59 Å². The summed E-state index contributed by atoms with van der Waals surface area (Å²) in [5, 5.41) is 14.0. The van der Waals surface area contributed by atoms with E-state index in [-0.39, 0.29) is 0 Å². The molecule has 1 unspecified atom stereocenters. The molecule has 1 aromatic rings. The van der Waals surface area contributed by atoms with Crippen molar-refractivity contribution in [2.45, 2.75) is 32.7 Å². The molecule has 1 heterocycles. The number of amides is 2. The normalized spacial score (nSPS) is 13.5. The van der Waals surface area contributed by atoms with Crippen molar-refractivity contribution >= 4 is 17.7 Å². The first-order valence-corrected chi connectivity index (χ1v) is 5.62. The number of aliphatic carboxylic acids is 1. The van der Waals surface area contributed by atoms with Gasteiger partial charge in [0.1, 0.15) is 5.54 Å². The van der Waals surface area contributed by atoms with Crippen LogP contribution in [0, 0.1) is 6.92 Å². The Kier molecular flexibility index (Phi) is 4.25. The zero-order valence-electron chi connectivity index (χ0n) is 10.7. The predicted molar refractivity (Wildman–Crippen MR) is 67.5 cm³/mol. The van der Waals surface area contributed by atoms with Crippen LogP contribution in [0.25, 0.3) is 0 Å². The topological polar surface area (TPSA) is 91.3 Å². The van der Waals surface area contributed by atoms with Gasteiger partial charge in [0, 0.05) is 5.69 Å². The van der Waals surface area contributed by atoms with E-state index in [4.69, 9.17) is 5.11 Å². The van der Waals surface area contributed by atoms with Crippen molar-refractivity contribution < 1.29 is 14.7 Å². The monoisotopic (exact) mass is 251 g/mol.